The maximum absolute atomic E-state index is 13.9. The Kier molecular flexibility index (Phi) is 8.07. The van der Waals surface area contributed by atoms with E-state index >= 15 is 0 Å². The van der Waals surface area contributed by atoms with Gasteiger partial charge in [-0.15, -0.1) is 0 Å². The molecule has 0 saturated carbocycles. The van der Waals surface area contributed by atoms with Crippen molar-refractivity contribution in [3.63, 3.8) is 0 Å². The Morgan fingerprint density at radius 2 is 1.68 bits per heavy atom. The number of benzene rings is 2. The number of carbonyl (C=O) groups is 2. The number of hydrogen-bond acceptors (Lipinski definition) is 8. The third kappa shape index (κ3) is 5.47. The summed E-state index contributed by atoms with van der Waals surface area (Å²) in [6.07, 6.45) is -0.483. The van der Waals surface area contributed by atoms with Crippen molar-refractivity contribution in [1.82, 2.24) is 4.90 Å². The van der Waals surface area contributed by atoms with Crippen molar-refractivity contribution < 1.29 is 32.1 Å². The van der Waals surface area contributed by atoms with E-state index in [9.17, 15) is 28.1 Å². The summed E-state index contributed by atoms with van der Waals surface area (Å²) < 4.78 is 39.8. The lowest BCUT2D eigenvalue weighted by atomic mass is 9.79. The molecule has 10 nitrogen and oxygen atoms in total. The molecule has 2 heterocycles. The van der Waals surface area contributed by atoms with Crippen molar-refractivity contribution >= 4 is 35.7 Å². The van der Waals surface area contributed by atoms with Crippen LogP contribution in [-0.4, -0.2) is 50.6 Å². The summed E-state index contributed by atoms with van der Waals surface area (Å²) in [5.41, 5.74) is 0.0793. The van der Waals surface area contributed by atoms with Crippen LogP contribution in [0.5, 0.6) is 0 Å². The van der Waals surface area contributed by atoms with Gasteiger partial charge in [-0.3, -0.25) is 14.9 Å². The molecule has 0 N–H and O–H groups in total. The third-order valence-corrected chi connectivity index (χ3v) is 15.0. The van der Waals surface area contributed by atoms with Crippen molar-refractivity contribution in [3.05, 3.63) is 80.9 Å². The lowest BCUT2D eigenvalue weighted by Crippen LogP contribution is -2.65. The highest BCUT2D eigenvalue weighted by molar-refractivity contribution is 7.95. The average molecular weight is 601 g/mol. The van der Waals surface area contributed by atoms with Crippen molar-refractivity contribution in [2.75, 3.05) is 0 Å². The molecule has 0 spiro atoms. The zero-order chi connectivity index (χ0) is 30.5. The number of sulfone groups is 1. The predicted molar refractivity (Wildman–Crippen MR) is 155 cm³/mol. The summed E-state index contributed by atoms with van der Waals surface area (Å²) in [6, 6.07) is 12.7. The van der Waals surface area contributed by atoms with E-state index in [1.54, 1.807) is 25.1 Å². The highest BCUT2D eigenvalue weighted by Gasteiger charge is 2.63. The summed E-state index contributed by atoms with van der Waals surface area (Å²) in [6.45, 7) is 13.8. The van der Waals surface area contributed by atoms with Gasteiger partial charge >= 0.3 is 5.97 Å². The first kappa shape index (κ1) is 30.6. The number of nitro benzene ring substituents is 1. The molecular weight excluding hydrogens is 564 g/mol. The van der Waals surface area contributed by atoms with Gasteiger partial charge in [-0.2, -0.15) is 0 Å². The fourth-order valence-corrected chi connectivity index (χ4v) is 8.50. The number of nitrogens with zero attached hydrogens (tertiary/aromatic N) is 2. The molecule has 2 aliphatic heterocycles. The van der Waals surface area contributed by atoms with Crippen LogP contribution in [-0.2, 0) is 35.2 Å². The molecule has 4 rings (SSSR count). The SMILES string of the molecule is C[C@@H](O[Si](C)(C)C(C)(C)C)[C@H]1C(=O)N2C(C(=O)OCc3ccc([N+](=O)[O-])cc3)=C(S(=O)(=O)c3ccccc3)[C@H](C)[C@H]12. The monoisotopic (exact) mass is 600 g/mol. The Labute approximate surface area is 241 Å². The number of β-lactam (4-membered cyclic amide) rings is 1. The first-order valence-electron chi connectivity index (χ1n) is 13.4. The molecule has 0 unspecified atom stereocenters. The topological polar surface area (TPSA) is 133 Å². The minimum atomic E-state index is -4.16. The Hall–Kier alpha value is -3.35. The average Bonchev–Trinajstić information content (AvgIpc) is 3.16. The molecule has 220 valence electrons. The lowest BCUT2D eigenvalue weighted by Gasteiger charge is -2.50. The first-order chi connectivity index (χ1) is 19.0. The molecule has 1 fully saturated rings. The molecule has 2 aromatic carbocycles. The number of amides is 1. The van der Waals surface area contributed by atoms with Crippen LogP contribution >= 0.6 is 0 Å². The summed E-state index contributed by atoms with van der Waals surface area (Å²) in [5.74, 6) is -2.64. The van der Waals surface area contributed by atoms with Gasteiger partial charge in [0.1, 0.15) is 12.3 Å². The molecule has 0 bridgehead atoms. The number of ether oxygens (including phenoxy) is 1. The molecule has 0 aliphatic carbocycles. The molecule has 41 heavy (non-hydrogen) atoms. The molecule has 0 radical (unpaired) electrons. The Balaban J connectivity index is 1.68. The van der Waals surface area contributed by atoms with E-state index in [-0.39, 0.29) is 38.7 Å². The molecule has 1 amide bonds. The number of carbonyl (C=O) groups excluding carboxylic acids is 2. The maximum atomic E-state index is 13.9. The standard InChI is InChI=1S/C29H36N2O8SSi/c1-18-24-23(19(2)39-41(6,7)29(3,4)5)27(32)30(24)25(26(18)40(36,37)22-11-9-8-10-12-22)28(33)38-17-20-13-15-21(16-14-20)31(34)35/h8-16,18-19,23-24H,17H2,1-7H3/t18-,19-,23-,24-/m1/s1. The largest absolute Gasteiger partial charge is 0.456 e. The van der Waals surface area contributed by atoms with Crippen LogP contribution in [0.1, 0.15) is 40.2 Å². The van der Waals surface area contributed by atoms with Gasteiger partial charge in [0.2, 0.25) is 15.7 Å². The van der Waals surface area contributed by atoms with Crippen LogP contribution in [0.3, 0.4) is 0 Å². The second-order valence-corrected chi connectivity index (χ2v) is 18.8. The highest BCUT2D eigenvalue weighted by Crippen LogP contribution is 2.51. The van der Waals surface area contributed by atoms with E-state index in [2.05, 4.69) is 33.9 Å². The normalized spacial score (nSPS) is 21.8. The molecule has 0 aromatic heterocycles. The van der Waals surface area contributed by atoms with Crippen LogP contribution < -0.4 is 0 Å². The molecule has 2 aromatic rings. The smallest absolute Gasteiger partial charge is 0.356 e. The number of nitro groups is 1. The number of fused-ring (bicyclic) bond motifs is 1. The van der Waals surface area contributed by atoms with Crippen LogP contribution in [0.25, 0.3) is 0 Å². The highest BCUT2D eigenvalue weighted by atomic mass is 32.2. The number of hydrogen-bond donors (Lipinski definition) is 0. The number of esters is 1. The van der Waals surface area contributed by atoms with E-state index < -0.39 is 53.0 Å². The first-order valence-corrected chi connectivity index (χ1v) is 17.8. The maximum Gasteiger partial charge on any atom is 0.356 e. The Bertz CT molecular complexity index is 1500. The van der Waals surface area contributed by atoms with E-state index in [0.29, 0.717) is 5.56 Å². The van der Waals surface area contributed by atoms with Crippen molar-refractivity contribution in [3.8, 4) is 0 Å². The van der Waals surface area contributed by atoms with Gasteiger partial charge in [0.05, 0.1) is 32.8 Å². The van der Waals surface area contributed by atoms with Crippen LogP contribution in [0.15, 0.2) is 70.1 Å². The van der Waals surface area contributed by atoms with Crippen LogP contribution in [0, 0.1) is 22.0 Å². The van der Waals surface area contributed by atoms with E-state index in [1.807, 2.05) is 6.92 Å². The Morgan fingerprint density at radius 3 is 2.22 bits per heavy atom. The third-order valence-electron chi connectivity index (χ3n) is 8.43. The van der Waals surface area contributed by atoms with Gasteiger partial charge in [0.15, 0.2) is 8.32 Å². The number of rotatable bonds is 9. The second-order valence-electron chi connectivity index (χ2n) is 12.1. The van der Waals surface area contributed by atoms with E-state index in [4.69, 9.17) is 9.16 Å². The molecule has 1 saturated heterocycles. The lowest BCUT2D eigenvalue weighted by molar-refractivity contribution is -0.384. The van der Waals surface area contributed by atoms with Gasteiger partial charge in [-0.05, 0) is 54.9 Å². The number of non-ortho nitro benzene ring substituents is 1. The van der Waals surface area contributed by atoms with Gasteiger partial charge < -0.3 is 14.1 Å². The van der Waals surface area contributed by atoms with Crippen molar-refractivity contribution in [1.29, 1.82) is 0 Å². The van der Waals surface area contributed by atoms with Gasteiger partial charge in [-0.1, -0.05) is 45.9 Å². The minimum Gasteiger partial charge on any atom is -0.456 e. The van der Waals surface area contributed by atoms with Crippen LogP contribution in [0.2, 0.25) is 18.1 Å². The summed E-state index contributed by atoms with van der Waals surface area (Å²) in [4.78, 5) is 38.7. The van der Waals surface area contributed by atoms with Crippen molar-refractivity contribution in [2.24, 2.45) is 11.8 Å². The fraction of sp³-hybridized carbons (Fsp3) is 0.448. The van der Waals surface area contributed by atoms with Gasteiger partial charge in [0.25, 0.3) is 5.69 Å². The minimum absolute atomic E-state index is 0.0135. The second kappa shape index (κ2) is 10.8. The van der Waals surface area contributed by atoms with Crippen molar-refractivity contribution in [2.45, 2.75) is 76.4 Å². The molecule has 2 aliphatic rings. The fourth-order valence-electron chi connectivity index (χ4n) is 5.24. The summed E-state index contributed by atoms with van der Waals surface area (Å²) in [5, 5.41) is 10.9. The zero-order valence-corrected chi connectivity index (χ0v) is 26.1. The zero-order valence-electron chi connectivity index (χ0n) is 24.3. The van der Waals surface area contributed by atoms with Gasteiger partial charge in [0, 0.05) is 18.1 Å². The predicted octanol–water partition coefficient (Wildman–Crippen LogP) is 5.21. The van der Waals surface area contributed by atoms with E-state index in [1.165, 1.54) is 41.3 Å². The molecule has 12 heteroatoms. The summed E-state index contributed by atoms with van der Waals surface area (Å²) in [7, 11) is -6.41. The molecule has 4 atom stereocenters. The molecular formula is C29H36N2O8SSi. The quantitative estimate of drug-likeness (QED) is 0.126. The Morgan fingerprint density at radius 1 is 1.10 bits per heavy atom. The van der Waals surface area contributed by atoms with Crippen LogP contribution in [0.4, 0.5) is 5.69 Å². The summed E-state index contributed by atoms with van der Waals surface area (Å²) >= 11 is 0. The van der Waals surface area contributed by atoms with E-state index in [0.717, 1.165) is 0 Å². The van der Waals surface area contributed by atoms with Gasteiger partial charge in [-0.25, -0.2) is 13.2 Å².